The number of amides is 1. The van der Waals surface area contributed by atoms with Gasteiger partial charge in [-0.1, -0.05) is 19.4 Å². The summed E-state index contributed by atoms with van der Waals surface area (Å²) >= 11 is 0. The summed E-state index contributed by atoms with van der Waals surface area (Å²) in [7, 11) is 0. The lowest BCUT2D eigenvalue weighted by Crippen LogP contribution is -2.35. The molecule has 1 rings (SSSR count). The summed E-state index contributed by atoms with van der Waals surface area (Å²) in [5, 5.41) is 13.5. The maximum absolute atomic E-state index is 11.9. The normalized spacial score (nSPS) is 11.6. The van der Waals surface area contributed by atoms with Crippen molar-refractivity contribution in [2.45, 2.75) is 39.7 Å². The third-order valence-electron chi connectivity index (χ3n) is 3.19. The number of hydrogen-bond donors (Lipinski definition) is 1. The second-order valence-corrected chi connectivity index (χ2v) is 5.04. The highest BCUT2D eigenvalue weighted by atomic mass is 16.6. The van der Waals surface area contributed by atoms with E-state index in [2.05, 4.69) is 5.32 Å². The van der Waals surface area contributed by atoms with E-state index >= 15 is 0 Å². The number of nitro groups is 1. The molecule has 0 bridgehead atoms. The van der Waals surface area contributed by atoms with Crippen molar-refractivity contribution < 1.29 is 19.2 Å². The predicted molar refractivity (Wildman–Crippen MR) is 80.6 cm³/mol. The van der Waals surface area contributed by atoms with Crippen molar-refractivity contribution in [3.63, 3.8) is 0 Å². The fraction of sp³-hybridized carbons (Fsp3) is 0.467. The van der Waals surface area contributed by atoms with E-state index in [0.29, 0.717) is 0 Å². The van der Waals surface area contributed by atoms with E-state index in [9.17, 15) is 19.7 Å². The minimum atomic E-state index is -0.750. The average molecular weight is 308 g/mol. The van der Waals surface area contributed by atoms with Crippen LogP contribution < -0.4 is 5.32 Å². The van der Waals surface area contributed by atoms with Gasteiger partial charge < -0.3 is 10.1 Å². The molecule has 120 valence electrons. The molecule has 1 aromatic rings. The van der Waals surface area contributed by atoms with Crippen molar-refractivity contribution in [1.82, 2.24) is 5.32 Å². The van der Waals surface area contributed by atoms with Crippen LogP contribution in [0.4, 0.5) is 5.69 Å². The number of nitrogens with zero attached hydrogens (tertiary/aromatic N) is 1. The number of esters is 1. The molecule has 0 saturated heterocycles. The Morgan fingerprint density at radius 3 is 2.68 bits per heavy atom. The summed E-state index contributed by atoms with van der Waals surface area (Å²) < 4.78 is 4.91. The van der Waals surface area contributed by atoms with Gasteiger partial charge in [-0.25, -0.2) is 4.79 Å². The maximum Gasteiger partial charge on any atom is 0.339 e. The molecule has 0 spiro atoms. The van der Waals surface area contributed by atoms with Crippen LogP contribution in [0, 0.1) is 17.0 Å². The first-order chi connectivity index (χ1) is 10.4. The molecule has 0 saturated carbocycles. The third-order valence-corrected chi connectivity index (χ3v) is 3.19. The summed E-state index contributed by atoms with van der Waals surface area (Å²) in [5.74, 6) is -1.14. The Bertz CT molecular complexity index is 571. The SMILES string of the molecule is CCCC(C)NC(=O)COC(=O)c1cccc([N+](=O)[O-])c1C. The van der Waals surface area contributed by atoms with Crippen LogP contribution in [0.15, 0.2) is 18.2 Å². The van der Waals surface area contributed by atoms with E-state index in [1.54, 1.807) is 0 Å². The maximum atomic E-state index is 11.9. The zero-order chi connectivity index (χ0) is 16.7. The number of carbonyl (C=O) groups is 2. The highest BCUT2D eigenvalue weighted by Gasteiger charge is 2.19. The Hall–Kier alpha value is -2.44. The van der Waals surface area contributed by atoms with Gasteiger partial charge in [0.1, 0.15) is 0 Å². The second-order valence-electron chi connectivity index (χ2n) is 5.04. The highest BCUT2D eigenvalue weighted by molar-refractivity contribution is 5.93. The molecule has 1 aromatic carbocycles. The molecule has 0 aliphatic rings. The van der Waals surface area contributed by atoms with Crippen LogP contribution in [-0.4, -0.2) is 29.4 Å². The van der Waals surface area contributed by atoms with E-state index in [1.165, 1.54) is 25.1 Å². The van der Waals surface area contributed by atoms with Gasteiger partial charge in [-0.3, -0.25) is 14.9 Å². The van der Waals surface area contributed by atoms with Crippen molar-refractivity contribution in [2.75, 3.05) is 6.61 Å². The number of carbonyl (C=O) groups excluding carboxylic acids is 2. The minimum absolute atomic E-state index is 0.00995. The monoisotopic (exact) mass is 308 g/mol. The molecular weight excluding hydrogens is 288 g/mol. The van der Waals surface area contributed by atoms with Crippen molar-refractivity contribution in [2.24, 2.45) is 0 Å². The number of nitro benzene ring substituents is 1. The zero-order valence-electron chi connectivity index (χ0n) is 12.9. The van der Waals surface area contributed by atoms with Crippen LogP contribution in [0.5, 0.6) is 0 Å². The second kappa shape index (κ2) is 8.11. The van der Waals surface area contributed by atoms with Crippen LogP contribution in [0.3, 0.4) is 0 Å². The van der Waals surface area contributed by atoms with Crippen LogP contribution in [0.25, 0.3) is 0 Å². The van der Waals surface area contributed by atoms with Gasteiger partial charge in [-0.2, -0.15) is 0 Å². The van der Waals surface area contributed by atoms with Gasteiger partial charge in [0.25, 0.3) is 11.6 Å². The molecule has 1 unspecified atom stereocenters. The van der Waals surface area contributed by atoms with E-state index < -0.39 is 23.4 Å². The van der Waals surface area contributed by atoms with Gasteiger partial charge in [0.15, 0.2) is 6.61 Å². The van der Waals surface area contributed by atoms with E-state index in [0.717, 1.165) is 12.8 Å². The van der Waals surface area contributed by atoms with Gasteiger partial charge in [0.05, 0.1) is 10.5 Å². The van der Waals surface area contributed by atoms with Gasteiger partial charge in [0.2, 0.25) is 0 Å². The molecule has 7 nitrogen and oxygen atoms in total. The third kappa shape index (κ3) is 4.83. The molecule has 0 aromatic heterocycles. The molecule has 0 aliphatic carbocycles. The fourth-order valence-electron chi connectivity index (χ4n) is 2.07. The molecule has 1 atom stereocenters. The Morgan fingerprint density at radius 2 is 2.09 bits per heavy atom. The molecule has 7 heteroatoms. The number of benzene rings is 1. The lowest BCUT2D eigenvalue weighted by molar-refractivity contribution is -0.385. The standard InChI is InChI=1S/C15H20N2O5/c1-4-6-10(2)16-14(18)9-22-15(19)12-7-5-8-13(11(12)3)17(20)21/h5,7-8,10H,4,6,9H2,1-3H3,(H,16,18). The van der Waals surface area contributed by atoms with E-state index in [-0.39, 0.29) is 22.9 Å². The highest BCUT2D eigenvalue weighted by Crippen LogP contribution is 2.21. The quantitative estimate of drug-likeness (QED) is 0.473. The summed E-state index contributed by atoms with van der Waals surface area (Å²) in [4.78, 5) is 33.8. The van der Waals surface area contributed by atoms with Gasteiger partial charge >= 0.3 is 5.97 Å². The molecule has 0 radical (unpaired) electrons. The minimum Gasteiger partial charge on any atom is -0.452 e. The van der Waals surface area contributed by atoms with Crippen LogP contribution >= 0.6 is 0 Å². The molecule has 0 fully saturated rings. The predicted octanol–water partition coefficient (Wildman–Crippen LogP) is 2.36. The Morgan fingerprint density at radius 1 is 1.41 bits per heavy atom. The summed E-state index contributed by atoms with van der Waals surface area (Å²) in [5.41, 5.74) is 0.149. The molecule has 1 N–H and O–H groups in total. The van der Waals surface area contributed by atoms with Crippen molar-refractivity contribution in [3.8, 4) is 0 Å². The molecule has 0 aliphatic heterocycles. The van der Waals surface area contributed by atoms with Crippen molar-refractivity contribution in [3.05, 3.63) is 39.4 Å². The van der Waals surface area contributed by atoms with E-state index in [1.807, 2.05) is 13.8 Å². The summed E-state index contributed by atoms with van der Waals surface area (Å²) in [6, 6.07) is 4.16. The summed E-state index contributed by atoms with van der Waals surface area (Å²) in [6.07, 6.45) is 1.78. The smallest absolute Gasteiger partial charge is 0.339 e. The largest absolute Gasteiger partial charge is 0.452 e. The van der Waals surface area contributed by atoms with Crippen molar-refractivity contribution in [1.29, 1.82) is 0 Å². The number of ether oxygens (including phenoxy) is 1. The first-order valence-electron chi connectivity index (χ1n) is 7.07. The fourth-order valence-corrected chi connectivity index (χ4v) is 2.07. The lowest BCUT2D eigenvalue weighted by Gasteiger charge is -2.13. The topological polar surface area (TPSA) is 98.5 Å². The van der Waals surface area contributed by atoms with Crippen LogP contribution in [0.1, 0.15) is 42.6 Å². The Labute approximate surface area is 128 Å². The van der Waals surface area contributed by atoms with E-state index in [4.69, 9.17) is 4.74 Å². The zero-order valence-corrected chi connectivity index (χ0v) is 12.9. The molecule has 1 amide bonds. The first kappa shape index (κ1) is 17.6. The lowest BCUT2D eigenvalue weighted by atomic mass is 10.1. The molecule has 22 heavy (non-hydrogen) atoms. The molecule has 0 heterocycles. The average Bonchev–Trinajstić information content (AvgIpc) is 2.44. The summed E-state index contributed by atoms with van der Waals surface area (Å²) in [6.45, 7) is 4.94. The molecular formula is C15H20N2O5. The van der Waals surface area contributed by atoms with Crippen molar-refractivity contribution >= 4 is 17.6 Å². The van der Waals surface area contributed by atoms with Gasteiger partial charge in [0, 0.05) is 17.7 Å². The Kier molecular flexibility index (Phi) is 6.49. The van der Waals surface area contributed by atoms with Gasteiger partial charge in [-0.15, -0.1) is 0 Å². The number of hydrogen-bond acceptors (Lipinski definition) is 5. The number of rotatable bonds is 7. The van der Waals surface area contributed by atoms with Crippen LogP contribution in [-0.2, 0) is 9.53 Å². The number of nitrogens with one attached hydrogen (secondary N) is 1. The van der Waals surface area contributed by atoms with Gasteiger partial charge in [-0.05, 0) is 26.3 Å². The first-order valence-corrected chi connectivity index (χ1v) is 7.07. The van der Waals surface area contributed by atoms with Crippen LogP contribution in [0.2, 0.25) is 0 Å². The Balaban J connectivity index is 2.65.